The Hall–Kier alpha value is -3.17. The number of hydrogen-bond acceptors (Lipinski definition) is 4. The van der Waals surface area contributed by atoms with Crippen LogP contribution in [0.2, 0.25) is 10.0 Å². The number of halogens is 2. The van der Waals surface area contributed by atoms with Gasteiger partial charge in [-0.15, -0.1) is 6.42 Å². The molecule has 4 nitrogen and oxygen atoms in total. The number of hydrogen-bond donors (Lipinski definition) is 0. The Morgan fingerprint density at radius 1 is 1.06 bits per heavy atom. The monoisotopic (exact) mass is 506 g/mol. The summed E-state index contributed by atoms with van der Waals surface area (Å²) in [6, 6.07) is 18.4. The Morgan fingerprint density at radius 3 is 2.47 bits per heavy atom. The number of nitrogens with zero attached hydrogens (tertiary/aromatic N) is 2. The van der Waals surface area contributed by atoms with Crippen LogP contribution >= 0.6 is 35.0 Å². The first-order valence-electron chi connectivity index (χ1n) is 10.4. The molecule has 0 spiro atoms. The quantitative estimate of drug-likeness (QED) is 0.266. The molecule has 0 N–H and O–H groups in total. The van der Waals surface area contributed by atoms with Crippen LogP contribution in [0.15, 0.2) is 70.6 Å². The fraction of sp³-hybridized carbons (Fsp3) is 0.111. The summed E-state index contributed by atoms with van der Waals surface area (Å²) < 4.78 is 5.64. The molecule has 0 bridgehead atoms. The highest BCUT2D eigenvalue weighted by molar-refractivity contribution is 8.19. The second-order valence-corrected chi connectivity index (χ2v) is 9.37. The Balaban J connectivity index is 1.80. The minimum Gasteiger partial charge on any atom is -0.480 e. The van der Waals surface area contributed by atoms with Crippen LogP contribution in [0.1, 0.15) is 16.7 Å². The number of terminal acetylenes is 1. The van der Waals surface area contributed by atoms with Gasteiger partial charge in [-0.05, 0) is 73.1 Å². The van der Waals surface area contributed by atoms with Crippen LogP contribution in [-0.4, -0.2) is 17.7 Å². The van der Waals surface area contributed by atoms with E-state index in [-0.39, 0.29) is 12.5 Å². The number of amides is 1. The van der Waals surface area contributed by atoms with Gasteiger partial charge in [-0.2, -0.15) is 0 Å². The lowest BCUT2D eigenvalue weighted by atomic mass is 10.1. The van der Waals surface area contributed by atoms with Gasteiger partial charge >= 0.3 is 0 Å². The Labute approximate surface area is 213 Å². The summed E-state index contributed by atoms with van der Waals surface area (Å²) in [7, 11) is 0. The molecule has 7 heteroatoms. The van der Waals surface area contributed by atoms with Crippen LogP contribution in [0.4, 0.5) is 11.4 Å². The fourth-order valence-corrected chi connectivity index (χ4v) is 4.59. The molecule has 0 radical (unpaired) electrons. The number of rotatable bonds is 5. The smallest absolute Gasteiger partial charge is 0.271 e. The van der Waals surface area contributed by atoms with Crippen LogP contribution in [0.25, 0.3) is 6.08 Å². The number of para-hydroxylation sites is 1. The molecule has 0 aromatic heterocycles. The first kappa shape index (κ1) is 24.0. The molecule has 1 fully saturated rings. The van der Waals surface area contributed by atoms with E-state index in [9.17, 15) is 4.79 Å². The van der Waals surface area contributed by atoms with Crippen LogP contribution in [0, 0.1) is 26.2 Å². The van der Waals surface area contributed by atoms with Gasteiger partial charge in [0.05, 0.1) is 16.3 Å². The average Bonchev–Trinajstić information content (AvgIpc) is 3.12. The largest absolute Gasteiger partial charge is 0.480 e. The van der Waals surface area contributed by atoms with E-state index in [1.807, 2.05) is 62.4 Å². The predicted octanol–water partition coefficient (Wildman–Crippen LogP) is 7.43. The fourth-order valence-electron chi connectivity index (χ4n) is 3.25. The van der Waals surface area contributed by atoms with Crippen molar-refractivity contribution in [1.29, 1.82) is 0 Å². The van der Waals surface area contributed by atoms with Crippen molar-refractivity contribution in [2.24, 2.45) is 4.99 Å². The number of carbonyl (C=O) groups excluding carboxylic acids is 1. The zero-order valence-electron chi connectivity index (χ0n) is 18.5. The van der Waals surface area contributed by atoms with E-state index in [1.54, 1.807) is 23.1 Å². The van der Waals surface area contributed by atoms with Crippen LogP contribution < -0.4 is 9.64 Å². The summed E-state index contributed by atoms with van der Waals surface area (Å²) >= 11 is 13.9. The standard InChI is InChI=1S/C27H20Cl2N2O2S/c1-4-13-33-24-8-6-5-7-19(24)14-25-26(32)31(21-12-10-18(3)23(29)16-21)27(34-25)30-20-11-9-17(2)22(28)15-20/h1,5-12,14-16H,13H2,2-3H3/b25-14+,30-27?. The third-order valence-electron chi connectivity index (χ3n) is 5.12. The lowest BCUT2D eigenvalue weighted by Crippen LogP contribution is -2.28. The molecule has 1 amide bonds. The van der Waals surface area contributed by atoms with E-state index in [1.165, 1.54) is 11.8 Å². The van der Waals surface area contributed by atoms with Crippen LogP contribution in [0.3, 0.4) is 0 Å². The van der Waals surface area contributed by atoms with Gasteiger partial charge in [0.15, 0.2) is 5.17 Å². The van der Waals surface area contributed by atoms with Crippen molar-refractivity contribution in [3.05, 3.63) is 92.3 Å². The van der Waals surface area contributed by atoms with Gasteiger partial charge in [-0.25, -0.2) is 4.99 Å². The highest BCUT2D eigenvalue weighted by Crippen LogP contribution is 2.39. The number of aliphatic imine (C=N–C) groups is 1. The summed E-state index contributed by atoms with van der Waals surface area (Å²) in [5.74, 6) is 2.85. The number of aryl methyl sites for hydroxylation is 2. The molecule has 170 valence electrons. The van der Waals surface area contributed by atoms with Gasteiger partial charge in [0, 0.05) is 15.6 Å². The minimum absolute atomic E-state index is 0.135. The number of anilines is 1. The van der Waals surface area contributed by atoms with E-state index in [0.29, 0.717) is 37.2 Å². The lowest BCUT2D eigenvalue weighted by Gasteiger charge is -2.16. The lowest BCUT2D eigenvalue weighted by molar-refractivity contribution is -0.113. The molecule has 0 aliphatic carbocycles. The Bertz CT molecular complexity index is 1380. The van der Waals surface area contributed by atoms with Crippen molar-refractivity contribution in [1.82, 2.24) is 0 Å². The molecule has 3 aromatic rings. The van der Waals surface area contributed by atoms with Gasteiger partial charge < -0.3 is 4.74 Å². The molecule has 1 aliphatic rings. The maximum absolute atomic E-state index is 13.6. The number of thioether (sulfide) groups is 1. The highest BCUT2D eigenvalue weighted by Gasteiger charge is 2.35. The molecule has 3 aromatic carbocycles. The SMILES string of the molecule is C#CCOc1ccccc1/C=C1/SC(=Nc2ccc(C)c(Cl)c2)N(c2ccc(C)c(Cl)c2)C1=O. The van der Waals surface area contributed by atoms with Crippen molar-refractivity contribution in [3.63, 3.8) is 0 Å². The number of benzene rings is 3. The molecule has 0 saturated carbocycles. The molecule has 1 saturated heterocycles. The normalized spacial score (nSPS) is 15.7. The van der Waals surface area contributed by atoms with E-state index in [4.69, 9.17) is 39.4 Å². The zero-order valence-corrected chi connectivity index (χ0v) is 20.8. The zero-order chi connectivity index (χ0) is 24.2. The van der Waals surface area contributed by atoms with Gasteiger partial charge in [0.25, 0.3) is 5.91 Å². The van der Waals surface area contributed by atoms with Crippen molar-refractivity contribution >= 4 is 63.5 Å². The van der Waals surface area contributed by atoms with Crippen LogP contribution in [0.5, 0.6) is 5.75 Å². The Kier molecular flexibility index (Phi) is 7.33. The predicted molar refractivity (Wildman–Crippen MR) is 143 cm³/mol. The summed E-state index contributed by atoms with van der Waals surface area (Å²) in [5.41, 5.74) is 3.89. The van der Waals surface area contributed by atoms with Crippen molar-refractivity contribution in [2.75, 3.05) is 11.5 Å². The van der Waals surface area contributed by atoms with Gasteiger partial charge in [0.2, 0.25) is 0 Å². The molecular formula is C27H20Cl2N2O2S. The first-order chi connectivity index (χ1) is 16.4. The molecule has 1 aliphatic heterocycles. The third kappa shape index (κ3) is 5.15. The van der Waals surface area contributed by atoms with E-state index < -0.39 is 0 Å². The second-order valence-electron chi connectivity index (χ2n) is 7.54. The molecular weight excluding hydrogens is 487 g/mol. The van der Waals surface area contributed by atoms with Crippen molar-refractivity contribution in [2.45, 2.75) is 13.8 Å². The maximum Gasteiger partial charge on any atom is 0.271 e. The summed E-state index contributed by atoms with van der Waals surface area (Å²) in [4.78, 5) is 20.4. The molecule has 34 heavy (non-hydrogen) atoms. The average molecular weight is 507 g/mol. The number of carbonyl (C=O) groups is 1. The molecule has 0 atom stereocenters. The van der Waals surface area contributed by atoms with Crippen molar-refractivity contribution < 1.29 is 9.53 Å². The van der Waals surface area contributed by atoms with Crippen LogP contribution in [-0.2, 0) is 4.79 Å². The minimum atomic E-state index is -0.214. The maximum atomic E-state index is 13.6. The van der Waals surface area contributed by atoms with Gasteiger partial charge in [0.1, 0.15) is 12.4 Å². The van der Waals surface area contributed by atoms with Crippen molar-refractivity contribution in [3.8, 4) is 18.1 Å². The Morgan fingerprint density at radius 2 is 1.76 bits per heavy atom. The summed E-state index contributed by atoms with van der Waals surface area (Å²) in [6.07, 6.45) is 7.12. The molecule has 1 heterocycles. The summed E-state index contributed by atoms with van der Waals surface area (Å²) in [6.45, 7) is 3.97. The first-order valence-corrected chi connectivity index (χ1v) is 11.9. The highest BCUT2D eigenvalue weighted by atomic mass is 35.5. The topological polar surface area (TPSA) is 41.9 Å². The van der Waals surface area contributed by atoms with Gasteiger partial charge in [-0.1, -0.05) is 59.5 Å². The van der Waals surface area contributed by atoms with E-state index in [0.717, 1.165) is 16.7 Å². The van der Waals surface area contributed by atoms with E-state index >= 15 is 0 Å². The second kappa shape index (κ2) is 10.4. The van der Waals surface area contributed by atoms with Gasteiger partial charge in [-0.3, -0.25) is 9.69 Å². The third-order valence-corrected chi connectivity index (χ3v) is 6.90. The molecule has 0 unspecified atom stereocenters. The summed E-state index contributed by atoms with van der Waals surface area (Å²) in [5, 5.41) is 1.67. The number of amidine groups is 1. The van der Waals surface area contributed by atoms with E-state index in [2.05, 4.69) is 5.92 Å². The number of ether oxygens (including phenoxy) is 1. The molecule has 4 rings (SSSR count).